The van der Waals surface area contributed by atoms with E-state index in [4.69, 9.17) is 9.47 Å². The van der Waals surface area contributed by atoms with Crippen LogP contribution in [0.5, 0.6) is 11.5 Å². The van der Waals surface area contributed by atoms with E-state index in [9.17, 15) is 5.11 Å². The lowest BCUT2D eigenvalue weighted by molar-refractivity contribution is 0.180. The summed E-state index contributed by atoms with van der Waals surface area (Å²) in [5, 5.41) is 12.5. The number of benzene rings is 1. The second-order valence-corrected chi connectivity index (χ2v) is 3.81. The number of aliphatic hydroxyl groups is 1. The minimum absolute atomic E-state index is 0.00775. The molecule has 90 valence electrons. The molecule has 0 bridgehead atoms. The van der Waals surface area contributed by atoms with Crippen molar-refractivity contribution in [3.63, 3.8) is 0 Å². The lowest BCUT2D eigenvalue weighted by Gasteiger charge is -2.29. The molecule has 4 nitrogen and oxygen atoms in total. The first-order valence-electron chi connectivity index (χ1n) is 5.13. The predicted molar refractivity (Wildman–Crippen MR) is 63.0 cm³/mol. The van der Waals surface area contributed by atoms with Gasteiger partial charge in [0.2, 0.25) is 0 Å². The van der Waals surface area contributed by atoms with Gasteiger partial charge in [0.05, 0.1) is 26.4 Å². The van der Waals surface area contributed by atoms with Crippen LogP contribution < -0.4 is 14.8 Å². The summed E-state index contributed by atoms with van der Waals surface area (Å²) < 4.78 is 10.4. The Labute approximate surface area is 96.2 Å². The Kier molecular flexibility index (Phi) is 4.15. The Morgan fingerprint density at radius 3 is 2.44 bits per heavy atom. The van der Waals surface area contributed by atoms with Crippen LogP contribution in [0, 0.1) is 0 Å². The smallest absolute Gasteiger partial charge is 0.127 e. The summed E-state index contributed by atoms with van der Waals surface area (Å²) in [7, 11) is 5.02. The van der Waals surface area contributed by atoms with Crippen molar-refractivity contribution in [3.8, 4) is 11.5 Å². The van der Waals surface area contributed by atoms with Gasteiger partial charge < -0.3 is 19.9 Å². The topological polar surface area (TPSA) is 50.7 Å². The van der Waals surface area contributed by atoms with Crippen LogP contribution in [0.1, 0.15) is 12.5 Å². The number of nitrogens with one attached hydrogen (secondary N) is 1. The van der Waals surface area contributed by atoms with E-state index in [0.717, 1.165) is 11.3 Å². The zero-order valence-corrected chi connectivity index (χ0v) is 10.2. The van der Waals surface area contributed by atoms with Crippen LogP contribution in [0.4, 0.5) is 0 Å². The van der Waals surface area contributed by atoms with Gasteiger partial charge in [0.1, 0.15) is 11.5 Å². The molecular formula is C12H19NO3. The van der Waals surface area contributed by atoms with E-state index in [2.05, 4.69) is 5.32 Å². The molecule has 0 amide bonds. The van der Waals surface area contributed by atoms with E-state index < -0.39 is 5.54 Å². The SMILES string of the molecule is CNC(C)(CO)c1ccc(OC)cc1OC. The minimum Gasteiger partial charge on any atom is -0.497 e. The number of likely N-dealkylation sites (N-methyl/N-ethyl adjacent to an activating group) is 1. The Balaban J connectivity index is 3.22. The molecule has 1 aromatic carbocycles. The first-order chi connectivity index (χ1) is 7.61. The fraction of sp³-hybridized carbons (Fsp3) is 0.500. The van der Waals surface area contributed by atoms with Gasteiger partial charge in [-0.3, -0.25) is 0 Å². The first kappa shape index (κ1) is 12.8. The van der Waals surface area contributed by atoms with E-state index in [-0.39, 0.29) is 6.61 Å². The quantitative estimate of drug-likeness (QED) is 0.788. The number of ether oxygens (including phenoxy) is 2. The molecule has 0 saturated heterocycles. The maximum Gasteiger partial charge on any atom is 0.127 e. The summed E-state index contributed by atoms with van der Waals surface area (Å²) in [4.78, 5) is 0. The molecule has 0 radical (unpaired) electrons. The normalized spacial score (nSPS) is 14.3. The number of hydrogen-bond donors (Lipinski definition) is 2. The summed E-state index contributed by atoms with van der Waals surface area (Å²) in [6, 6.07) is 5.55. The van der Waals surface area contributed by atoms with Gasteiger partial charge >= 0.3 is 0 Å². The molecule has 0 heterocycles. The highest BCUT2D eigenvalue weighted by Crippen LogP contribution is 2.32. The van der Waals surface area contributed by atoms with Crippen LogP contribution in [0.2, 0.25) is 0 Å². The predicted octanol–water partition coefficient (Wildman–Crippen LogP) is 1.13. The van der Waals surface area contributed by atoms with Crippen LogP contribution in [0.3, 0.4) is 0 Å². The van der Waals surface area contributed by atoms with Gasteiger partial charge in [0.15, 0.2) is 0 Å². The molecule has 0 spiro atoms. The third-order valence-corrected chi connectivity index (χ3v) is 2.87. The van der Waals surface area contributed by atoms with Crippen LogP contribution in [-0.4, -0.2) is 33.0 Å². The summed E-state index contributed by atoms with van der Waals surface area (Å²) in [5.74, 6) is 1.43. The molecule has 0 aliphatic heterocycles. The van der Waals surface area contributed by atoms with Gasteiger partial charge in [-0.2, -0.15) is 0 Å². The van der Waals surface area contributed by atoms with Gasteiger partial charge in [0.25, 0.3) is 0 Å². The van der Waals surface area contributed by atoms with Crippen LogP contribution >= 0.6 is 0 Å². The van der Waals surface area contributed by atoms with E-state index >= 15 is 0 Å². The number of methoxy groups -OCH3 is 2. The van der Waals surface area contributed by atoms with Crippen molar-refractivity contribution in [1.82, 2.24) is 5.32 Å². The third-order valence-electron chi connectivity index (χ3n) is 2.87. The largest absolute Gasteiger partial charge is 0.497 e. The van der Waals surface area contributed by atoms with Gasteiger partial charge in [-0.1, -0.05) is 0 Å². The van der Waals surface area contributed by atoms with Crippen molar-refractivity contribution in [2.24, 2.45) is 0 Å². The van der Waals surface area contributed by atoms with Crippen LogP contribution in [0.25, 0.3) is 0 Å². The van der Waals surface area contributed by atoms with E-state index in [1.165, 1.54) is 0 Å². The molecular weight excluding hydrogens is 206 g/mol. The average Bonchev–Trinajstić information content (AvgIpc) is 2.37. The molecule has 1 atom stereocenters. The number of hydrogen-bond acceptors (Lipinski definition) is 4. The Morgan fingerprint density at radius 2 is 2.00 bits per heavy atom. The number of aliphatic hydroxyl groups excluding tert-OH is 1. The zero-order valence-electron chi connectivity index (χ0n) is 10.2. The monoisotopic (exact) mass is 225 g/mol. The Bertz CT molecular complexity index is 348. The molecule has 0 aromatic heterocycles. The van der Waals surface area contributed by atoms with Gasteiger partial charge in [0, 0.05) is 11.6 Å². The second kappa shape index (κ2) is 5.18. The lowest BCUT2D eigenvalue weighted by Crippen LogP contribution is -2.40. The van der Waals surface area contributed by atoms with Crippen molar-refractivity contribution in [1.29, 1.82) is 0 Å². The number of rotatable bonds is 5. The maximum atomic E-state index is 9.44. The molecule has 0 aliphatic carbocycles. The molecule has 1 aromatic rings. The third kappa shape index (κ3) is 2.28. The highest BCUT2D eigenvalue weighted by molar-refractivity contribution is 5.44. The first-order valence-corrected chi connectivity index (χ1v) is 5.13. The fourth-order valence-electron chi connectivity index (χ4n) is 1.55. The van der Waals surface area contributed by atoms with Crippen molar-refractivity contribution < 1.29 is 14.6 Å². The zero-order chi connectivity index (χ0) is 12.2. The highest BCUT2D eigenvalue weighted by atomic mass is 16.5. The van der Waals surface area contributed by atoms with E-state index in [1.807, 2.05) is 19.1 Å². The van der Waals surface area contributed by atoms with Crippen LogP contribution in [-0.2, 0) is 5.54 Å². The van der Waals surface area contributed by atoms with Crippen molar-refractivity contribution in [2.45, 2.75) is 12.5 Å². The molecule has 0 aliphatic rings. The molecule has 1 unspecified atom stereocenters. The molecule has 0 saturated carbocycles. The molecule has 16 heavy (non-hydrogen) atoms. The van der Waals surface area contributed by atoms with Gasteiger partial charge in [-0.05, 0) is 26.1 Å². The van der Waals surface area contributed by atoms with Gasteiger partial charge in [-0.15, -0.1) is 0 Å². The van der Waals surface area contributed by atoms with E-state index in [0.29, 0.717) is 5.75 Å². The van der Waals surface area contributed by atoms with Crippen molar-refractivity contribution in [2.75, 3.05) is 27.9 Å². The molecule has 0 fully saturated rings. The summed E-state index contributed by atoms with van der Waals surface area (Å²) in [6.45, 7) is 1.91. The minimum atomic E-state index is -0.516. The maximum absolute atomic E-state index is 9.44. The highest BCUT2D eigenvalue weighted by Gasteiger charge is 2.27. The second-order valence-electron chi connectivity index (χ2n) is 3.81. The fourth-order valence-corrected chi connectivity index (χ4v) is 1.55. The van der Waals surface area contributed by atoms with Crippen LogP contribution in [0.15, 0.2) is 18.2 Å². The Hall–Kier alpha value is -1.26. The average molecular weight is 225 g/mol. The van der Waals surface area contributed by atoms with Crippen molar-refractivity contribution in [3.05, 3.63) is 23.8 Å². The molecule has 4 heteroatoms. The molecule has 1 rings (SSSR count). The summed E-state index contributed by atoms with van der Waals surface area (Å²) >= 11 is 0. The lowest BCUT2D eigenvalue weighted by atomic mass is 9.92. The Morgan fingerprint density at radius 1 is 1.31 bits per heavy atom. The standard InChI is InChI=1S/C12H19NO3/c1-12(8-14,13-2)10-6-5-9(15-3)7-11(10)16-4/h5-7,13-14H,8H2,1-4H3. The van der Waals surface area contributed by atoms with Gasteiger partial charge in [-0.25, -0.2) is 0 Å². The molecule has 2 N–H and O–H groups in total. The summed E-state index contributed by atoms with van der Waals surface area (Å²) in [5.41, 5.74) is 0.387. The summed E-state index contributed by atoms with van der Waals surface area (Å²) in [6.07, 6.45) is 0. The van der Waals surface area contributed by atoms with Crippen molar-refractivity contribution >= 4 is 0 Å². The van der Waals surface area contributed by atoms with E-state index in [1.54, 1.807) is 27.3 Å².